The Balaban J connectivity index is 2.38. The maximum absolute atomic E-state index is 13.8. The number of sulfonamides is 1. The van der Waals surface area contributed by atoms with Crippen LogP contribution in [0.2, 0.25) is 0 Å². The van der Waals surface area contributed by atoms with Crippen LogP contribution in [-0.2, 0) is 16.6 Å². The van der Waals surface area contributed by atoms with Gasteiger partial charge < -0.3 is 5.73 Å². The Morgan fingerprint density at radius 3 is 2.33 bits per heavy atom. The van der Waals surface area contributed by atoms with Gasteiger partial charge in [0, 0.05) is 34.0 Å². The highest BCUT2D eigenvalue weighted by Gasteiger charge is 2.29. The van der Waals surface area contributed by atoms with Gasteiger partial charge in [-0.25, -0.2) is 17.2 Å². The molecule has 0 aliphatic heterocycles. The van der Waals surface area contributed by atoms with Gasteiger partial charge in [-0.3, -0.25) is 0 Å². The predicted molar refractivity (Wildman–Crippen MR) is 81.4 cm³/mol. The Kier molecular flexibility index (Phi) is 4.66. The lowest BCUT2D eigenvalue weighted by Gasteiger charge is -2.17. The van der Waals surface area contributed by atoms with E-state index >= 15 is 0 Å². The van der Waals surface area contributed by atoms with Crippen LogP contribution < -0.4 is 5.73 Å². The number of anilines is 1. The van der Waals surface area contributed by atoms with Crippen LogP contribution in [0.15, 0.2) is 32.9 Å². The third kappa shape index (κ3) is 3.42. The molecule has 1 aromatic heterocycles. The molecule has 0 aliphatic carbocycles. The Morgan fingerprint density at radius 1 is 1.29 bits per heavy atom. The molecule has 2 aromatic rings. The smallest absolute Gasteiger partial charge is 0.249 e. The maximum atomic E-state index is 13.8. The van der Waals surface area contributed by atoms with Crippen molar-refractivity contribution in [2.45, 2.75) is 11.4 Å². The molecule has 0 aliphatic rings. The molecule has 1 aromatic carbocycles. The Labute approximate surface area is 133 Å². The number of nitrogens with zero attached hydrogens (tertiary/aromatic N) is 1. The van der Waals surface area contributed by atoms with Crippen molar-refractivity contribution in [3.05, 3.63) is 44.6 Å². The summed E-state index contributed by atoms with van der Waals surface area (Å²) in [5.41, 5.74) is 5.11. The van der Waals surface area contributed by atoms with Crippen molar-refractivity contribution in [3.63, 3.8) is 0 Å². The van der Waals surface area contributed by atoms with Crippen molar-refractivity contribution >= 4 is 43.0 Å². The number of nitrogen functional groups attached to an aromatic ring is 1. The van der Waals surface area contributed by atoms with Gasteiger partial charge in [0.05, 0.1) is 0 Å². The van der Waals surface area contributed by atoms with E-state index in [4.69, 9.17) is 5.73 Å². The quantitative estimate of drug-likeness (QED) is 0.807. The third-order valence-corrected chi connectivity index (χ3v) is 6.23. The van der Waals surface area contributed by atoms with E-state index in [0.29, 0.717) is 0 Å². The van der Waals surface area contributed by atoms with Crippen molar-refractivity contribution in [2.75, 3.05) is 12.8 Å². The number of rotatable bonds is 4. The number of halogens is 3. The van der Waals surface area contributed by atoms with Crippen LogP contribution in [0, 0.1) is 11.6 Å². The van der Waals surface area contributed by atoms with E-state index < -0.39 is 26.6 Å². The molecule has 0 unspecified atom stereocenters. The molecule has 0 spiro atoms. The van der Waals surface area contributed by atoms with Crippen molar-refractivity contribution in [1.82, 2.24) is 4.31 Å². The monoisotopic (exact) mass is 396 g/mol. The molecular formula is C12H11BrF2N2O2S2. The van der Waals surface area contributed by atoms with Gasteiger partial charge in [0.2, 0.25) is 10.0 Å². The molecule has 0 atom stereocenters. The van der Waals surface area contributed by atoms with E-state index in [1.807, 2.05) is 0 Å². The standard InChI is InChI=1S/C12H11BrF2N2O2S2/c1-17(5-9-2-7(13)6-20-9)21(18,19)12-10(14)3-8(16)4-11(12)15/h2-4,6H,5,16H2,1H3. The normalized spacial score (nSPS) is 12.0. The molecule has 0 fully saturated rings. The second-order valence-corrected chi connectivity index (χ2v) is 8.20. The molecule has 0 saturated heterocycles. The molecule has 0 amide bonds. The largest absolute Gasteiger partial charge is 0.399 e. The highest BCUT2D eigenvalue weighted by atomic mass is 79.9. The van der Waals surface area contributed by atoms with E-state index in [-0.39, 0.29) is 12.2 Å². The van der Waals surface area contributed by atoms with E-state index in [9.17, 15) is 17.2 Å². The van der Waals surface area contributed by atoms with Crippen LogP contribution in [0.25, 0.3) is 0 Å². The lowest BCUT2D eigenvalue weighted by atomic mass is 10.3. The number of benzene rings is 1. The van der Waals surface area contributed by atoms with Gasteiger partial charge in [-0.2, -0.15) is 4.31 Å². The van der Waals surface area contributed by atoms with Gasteiger partial charge in [0.25, 0.3) is 0 Å². The maximum Gasteiger partial charge on any atom is 0.249 e. The van der Waals surface area contributed by atoms with Crippen LogP contribution in [0.3, 0.4) is 0 Å². The summed E-state index contributed by atoms with van der Waals surface area (Å²) in [4.78, 5) is -0.251. The average Bonchev–Trinajstić information content (AvgIpc) is 2.72. The summed E-state index contributed by atoms with van der Waals surface area (Å²) in [7, 11) is -3.02. The molecule has 0 radical (unpaired) electrons. The Morgan fingerprint density at radius 2 is 1.86 bits per heavy atom. The van der Waals surface area contributed by atoms with E-state index in [2.05, 4.69) is 15.9 Å². The Hall–Kier alpha value is -1.03. The molecular weight excluding hydrogens is 386 g/mol. The van der Waals surface area contributed by atoms with Gasteiger partial charge in [0.1, 0.15) is 11.6 Å². The molecule has 1 heterocycles. The molecule has 0 bridgehead atoms. The van der Waals surface area contributed by atoms with Gasteiger partial charge >= 0.3 is 0 Å². The molecule has 9 heteroatoms. The summed E-state index contributed by atoms with van der Waals surface area (Å²) in [6.07, 6.45) is 0. The number of hydrogen-bond donors (Lipinski definition) is 1. The van der Waals surface area contributed by atoms with Crippen molar-refractivity contribution in [1.29, 1.82) is 0 Å². The lowest BCUT2D eigenvalue weighted by Crippen LogP contribution is -2.28. The number of thiophene rings is 1. The van der Waals surface area contributed by atoms with Crippen molar-refractivity contribution in [2.24, 2.45) is 0 Å². The SMILES string of the molecule is CN(Cc1cc(Br)cs1)S(=O)(=O)c1c(F)cc(N)cc1F. The van der Waals surface area contributed by atoms with Gasteiger partial charge in [-0.1, -0.05) is 0 Å². The van der Waals surface area contributed by atoms with Gasteiger partial charge in [0.15, 0.2) is 4.90 Å². The minimum atomic E-state index is -4.29. The first-order chi connectivity index (χ1) is 9.71. The molecule has 4 nitrogen and oxygen atoms in total. The van der Waals surface area contributed by atoms with Crippen LogP contribution in [-0.4, -0.2) is 19.8 Å². The zero-order chi connectivity index (χ0) is 15.8. The van der Waals surface area contributed by atoms with Gasteiger partial charge in [-0.15, -0.1) is 11.3 Å². The highest BCUT2D eigenvalue weighted by Crippen LogP contribution is 2.27. The first kappa shape index (κ1) is 16.3. The fourth-order valence-corrected chi connectivity index (χ4v) is 4.54. The van der Waals surface area contributed by atoms with Crippen molar-refractivity contribution in [3.8, 4) is 0 Å². The van der Waals surface area contributed by atoms with E-state index in [1.54, 1.807) is 11.4 Å². The Bertz CT molecular complexity index is 754. The second-order valence-electron chi connectivity index (χ2n) is 4.31. The fraction of sp³-hybridized carbons (Fsp3) is 0.167. The predicted octanol–water partition coefficient (Wildman–Crippen LogP) is 3.19. The summed E-state index contributed by atoms with van der Waals surface area (Å²) in [5.74, 6) is -2.40. The molecule has 2 rings (SSSR count). The minimum absolute atomic E-state index is 0.0157. The summed E-state index contributed by atoms with van der Waals surface area (Å²) >= 11 is 4.60. The topological polar surface area (TPSA) is 63.4 Å². The van der Waals surface area contributed by atoms with E-state index in [0.717, 1.165) is 25.8 Å². The van der Waals surface area contributed by atoms with Crippen molar-refractivity contribution < 1.29 is 17.2 Å². The minimum Gasteiger partial charge on any atom is -0.399 e. The number of nitrogens with two attached hydrogens (primary N) is 1. The summed E-state index contributed by atoms with van der Waals surface area (Å²) in [5, 5.41) is 1.79. The van der Waals surface area contributed by atoms with Crippen LogP contribution in [0.4, 0.5) is 14.5 Å². The van der Waals surface area contributed by atoms with Crippen LogP contribution in [0.5, 0.6) is 0 Å². The molecule has 2 N–H and O–H groups in total. The highest BCUT2D eigenvalue weighted by molar-refractivity contribution is 9.10. The second kappa shape index (κ2) is 5.99. The van der Waals surface area contributed by atoms with Gasteiger partial charge in [-0.05, 0) is 34.1 Å². The fourth-order valence-electron chi connectivity index (χ4n) is 1.72. The van der Waals surface area contributed by atoms with Crippen LogP contribution in [0.1, 0.15) is 4.88 Å². The average molecular weight is 397 g/mol. The first-order valence-electron chi connectivity index (χ1n) is 5.65. The molecule has 21 heavy (non-hydrogen) atoms. The lowest BCUT2D eigenvalue weighted by molar-refractivity contribution is 0.450. The zero-order valence-electron chi connectivity index (χ0n) is 10.8. The van der Waals surface area contributed by atoms with Crippen LogP contribution >= 0.6 is 27.3 Å². The number of hydrogen-bond acceptors (Lipinski definition) is 4. The third-order valence-electron chi connectivity index (χ3n) is 2.69. The molecule has 114 valence electrons. The molecule has 0 saturated carbocycles. The summed E-state index contributed by atoms with van der Waals surface area (Å²) in [6.45, 7) is 0.0157. The zero-order valence-corrected chi connectivity index (χ0v) is 14.0. The first-order valence-corrected chi connectivity index (χ1v) is 8.77. The summed E-state index contributed by atoms with van der Waals surface area (Å²) in [6, 6.07) is 3.31. The van der Waals surface area contributed by atoms with E-state index in [1.165, 1.54) is 18.4 Å². The summed E-state index contributed by atoms with van der Waals surface area (Å²) < 4.78 is 53.9.